The van der Waals surface area contributed by atoms with Crippen LogP contribution in [0, 0.1) is 11.8 Å². The number of nitrogens with two attached hydrogens (primary N) is 1. The molecule has 86 valence electrons. The Kier molecular flexibility index (Phi) is 2.41. The van der Waals surface area contributed by atoms with E-state index in [4.69, 9.17) is 10.5 Å². The number of piperidine rings is 1. The SMILES string of the molecule is CC(C)(C)OC(=O)N1C[C@H]2C[C@H]2[C@@H](N)C1. The second kappa shape index (κ2) is 3.37. The van der Waals surface area contributed by atoms with Crippen LogP contribution in [0.2, 0.25) is 0 Å². The Balaban J connectivity index is 1.90. The summed E-state index contributed by atoms with van der Waals surface area (Å²) in [4.78, 5) is 13.5. The first kappa shape index (κ1) is 10.7. The minimum absolute atomic E-state index is 0.149. The van der Waals surface area contributed by atoms with Gasteiger partial charge < -0.3 is 15.4 Å². The van der Waals surface area contributed by atoms with Crippen LogP contribution in [-0.4, -0.2) is 35.7 Å². The number of carbonyl (C=O) groups is 1. The first-order valence-electron chi connectivity index (χ1n) is 5.60. The number of fused-ring (bicyclic) bond motifs is 1. The average molecular weight is 212 g/mol. The van der Waals surface area contributed by atoms with Crippen LogP contribution in [0.25, 0.3) is 0 Å². The smallest absolute Gasteiger partial charge is 0.410 e. The molecule has 1 heterocycles. The van der Waals surface area contributed by atoms with Gasteiger partial charge in [-0.05, 0) is 39.0 Å². The Bertz CT molecular complexity index is 272. The van der Waals surface area contributed by atoms with Gasteiger partial charge in [0.25, 0.3) is 0 Å². The van der Waals surface area contributed by atoms with Crippen molar-refractivity contribution >= 4 is 6.09 Å². The summed E-state index contributed by atoms with van der Waals surface area (Å²) in [5.41, 5.74) is 5.55. The summed E-state index contributed by atoms with van der Waals surface area (Å²) < 4.78 is 5.32. The Hall–Kier alpha value is -0.770. The Morgan fingerprint density at radius 2 is 2.07 bits per heavy atom. The minimum atomic E-state index is -0.415. The third-order valence-corrected chi connectivity index (χ3v) is 3.07. The van der Waals surface area contributed by atoms with Crippen LogP contribution < -0.4 is 5.73 Å². The second-order valence-electron chi connectivity index (χ2n) is 5.71. The van der Waals surface area contributed by atoms with Crippen LogP contribution in [0.4, 0.5) is 4.79 Å². The largest absolute Gasteiger partial charge is 0.444 e. The van der Waals surface area contributed by atoms with Crippen molar-refractivity contribution < 1.29 is 9.53 Å². The molecule has 1 saturated heterocycles. The van der Waals surface area contributed by atoms with E-state index in [0.29, 0.717) is 18.4 Å². The normalized spacial score (nSPS) is 34.7. The summed E-state index contributed by atoms with van der Waals surface area (Å²) in [5.74, 6) is 1.28. The molecule has 0 aromatic heterocycles. The number of likely N-dealkylation sites (tertiary alicyclic amines) is 1. The molecule has 15 heavy (non-hydrogen) atoms. The summed E-state index contributed by atoms with van der Waals surface area (Å²) in [7, 11) is 0. The van der Waals surface area contributed by atoms with Crippen molar-refractivity contribution in [1.29, 1.82) is 0 Å². The first-order valence-corrected chi connectivity index (χ1v) is 5.60. The van der Waals surface area contributed by atoms with Gasteiger partial charge in [0.15, 0.2) is 0 Å². The lowest BCUT2D eigenvalue weighted by atomic mass is 10.1. The highest BCUT2D eigenvalue weighted by atomic mass is 16.6. The molecule has 1 aliphatic heterocycles. The van der Waals surface area contributed by atoms with Gasteiger partial charge in [0.2, 0.25) is 0 Å². The van der Waals surface area contributed by atoms with Crippen molar-refractivity contribution in [3.05, 3.63) is 0 Å². The molecular formula is C11H20N2O2. The highest BCUT2D eigenvalue weighted by Crippen LogP contribution is 2.44. The van der Waals surface area contributed by atoms with E-state index in [0.717, 1.165) is 6.54 Å². The fourth-order valence-corrected chi connectivity index (χ4v) is 2.23. The van der Waals surface area contributed by atoms with Crippen molar-refractivity contribution in [2.75, 3.05) is 13.1 Å². The van der Waals surface area contributed by atoms with Gasteiger partial charge in [0.1, 0.15) is 5.60 Å². The highest BCUT2D eigenvalue weighted by Gasteiger charge is 2.48. The van der Waals surface area contributed by atoms with Gasteiger partial charge >= 0.3 is 6.09 Å². The lowest BCUT2D eigenvalue weighted by molar-refractivity contribution is 0.0191. The number of rotatable bonds is 0. The maximum absolute atomic E-state index is 11.8. The van der Waals surface area contributed by atoms with E-state index in [9.17, 15) is 4.79 Å². The van der Waals surface area contributed by atoms with E-state index in [2.05, 4.69) is 0 Å². The van der Waals surface area contributed by atoms with E-state index < -0.39 is 5.60 Å². The Morgan fingerprint density at radius 1 is 1.40 bits per heavy atom. The fourth-order valence-electron chi connectivity index (χ4n) is 2.23. The quantitative estimate of drug-likeness (QED) is 0.656. The molecular weight excluding hydrogens is 192 g/mol. The Morgan fingerprint density at radius 3 is 2.60 bits per heavy atom. The zero-order valence-corrected chi connectivity index (χ0v) is 9.69. The molecule has 0 aromatic rings. The van der Waals surface area contributed by atoms with E-state index in [-0.39, 0.29) is 12.1 Å². The molecule has 0 unspecified atom stereocenters. The average Bonchev–Trinajstić information content (AvgIpc) is 2.79. The van der Waals surface area contributed by atoms with E-state index >= 15 is 0 Å². The summed E-state index contributed by atoms with van der Waals surface area (Å²) in [6.07, 6.45) is 0.962. The second-order valence-corrected chi connectivity index (χ2v) is 5.71. The van der Waals surface area contributed by atoms with Crippen molar-refractivity contribution in [2.24, 2.45) is 17.6 Å². The van der Waals surface area contributed by atoms with Crippen molar-refractivity contribution in [3.8, 4) is 0 Å². The zero-order chi connectivity index (χ0) is 11.2. The predicted octanol–water partition coefficient (Wildman–Crippen LogP) is 1.20. The summed E-state index contributed by atoms with van der Waals surface area (Å²) in [5, 5.41) is 0. The van der Waals surface area contributed by atoms with E-state index in [1.54, 1.807) is 4.90 Å². The monoisotopic (exact) mass is 212 g/mol. The first-order chi connectivity index (χ1) is 6.87. The maximum atomic E-state index is 11.8. The molecule has 0 bridgehead atoms. The molecule has 2 rings (SSSR count). The summed E-state index contributed by atoms with van der Waals surface area (Å²) in [6, 6.07) is 0.149. The number of hydrogen-bond acceptors (Lipinski definition) is 3. The van der Waals surface area contributed by atoms with Crippen molar-refractivity contribution in [1.82, 2.24) is 4.90 Å². The molecule has 0 aromatic carbocycles. The van der Waals surface area contributed by atoms with Gasteiger partial charge in [-0.3, -0.25) is 0 Å². The van der Waals surface area contributed by atoms with Gasteiger partial charge in [0, 0.05) is 19.1 Å². The van der Waals surface area contributed by atoms with Crippen LogP contribution in [0.5, 0.6) is 0 Å². The third-order valence-electron chi connectivity index (χ3n) is 3.07. The molecule has 4 heteroatoms. The molecule has 1 saturated carbocycles. The number of ether oxygens (including phenoxy) is 1. The van der Waals surface area contributed by atoms with Crippen LogP contribution in [0.15, 0.2) is 0 Å². The van der Waals surface area contributed by atoms with Crippen LogP contribution in [0.3, 0.4) is 0 Å². The molecule has 2 aliphatic rings. The van der Waals surface area contributed by atoms with Gasteiger partial charge in [-0.25, -0.2) is 4.79 Å². The summed E-state index contributed by atoms with van der Waals surface area (Å²) >= 11 is 0. The van der Waals surface area contributed by atoms with E-state index in [1.165, 1.54) is 6.42 Å². The standard InChI is InChI=1S/C11H20N2O2/c1-11(2,3)15-10(14)13-5-7-4-8(7)9(12)6-13/h7-9H,4-6,12H2,1-3H3/t7-,8-,9+/m1/s1. The predicted molar refractivity (Wildman–Crippen MR) is 57.4 cm³/mol. The molecule has 0 spiro atoms. The molecule has 2 N–H and O–H groups in total. The Labute approximate surface area is 90.8 Å². The third kappa shape index (κ3) is 2.43. The molecule has 2 fully saturated rings. The molecule has 4 nitrogen and oxygen atoms in total. The number of carbonyl (C=O) groups excluding carboxylic acids is 1. The van der Waals surface area contributed by atoms with Crippen LogP contribution in [0.1, 0.15) is 27.2 Å². The topological polar surface area (TPSA) is 55.6 Å². The highest BCUT2D eigenvalue weighted by molar-refractivity contribution is 5.68. The van der Waals surface area contributed by atoms with Gasteiger partial charge in [-0.15, -0.1) is 0 Å². The van der Waals surface area contributed by atoms with Gasteiger partial charge in [-0.2, -0.15) is 0 Å². The van der Waals surface area contributed by atoms with E-state index in [1.807, 2.05) is 20.8 Å². The van der Waals surface area contributed by atoms with Crippen molar-refractivity contribution in [3.63, 3.8) is 0 Å². The van der Waals surface area contributed by atoms with Crippen molar-refractivity contribution in [2.45, 2.75) is 38.8 Å². The lowest BCUT2D eigenvalue weighted by Gasteiger charge is -2.32. The number of nitrogens with zero attached hydrogens (tertiary/aromatic N) is 1. The van der Waals surface area contributed by atoms with Crippen LogP contribution >= 0.6 is 0 Å². The molecule has 3 atom stereocenters. The molecule has 0 radical (unpaired) electrons. The van der Waals surface area contributed by atoms with Gasteiger partial charge in [-0.1, -0.05) is 0 Å². The summed E-state index contributed by atoms with van der Waals surface area (Å²) in [6.45, 7) is 7.13. The number of amides is 1. The van der Waals surface area contributed by atoms with Gasteiger partial charge in [0.05, 0.1) is 0 Å². The minimum Gasteiger partial charge on any atom is -0.444 e. The maximum Gasteiger partial charge on any atom is 0.410 e. The molecule has 1 aliphatic carbocycles. The number of hydrogen-bond donors (Lipinski definition) is 1. The fraction of sp³-hybridized carbons (Fsp3) is 0.909. The van der Waals surface area contributed by atoms with Crippen LogP contribution in [-0.2, 0) is 4.74 Å². The molecule has 1 amide bonds. The zero-order valence-electron chi connectivity index (χ0n) is 9.69. The lowest BCUT2D eigenvalue weighted by Crippen LogP contribution is -2.48.